The number of piperidine rings is 1. The molecule has 1 aliphatic heterocycles. The van der Waals surface area contributed by atoms with Gasteiger partial charge in [0, 0.05) is 5.92 Å². The first-order valence-electron chi connectivity index (χ1n) is 10.3. The fourth-order valence-corrected chi connectivity index (χ4v) is 4.52. The van der Waals surface area contributed by atoms with Crippen LogP contribution in [-0.2, 0) is 11.3 Å². The van der Waals surface area contributed by atoms with Gasteiger partial charge in [-0.2, -0.15) is 5.10 Å². The zero-order chi connectivity index (χ0) is 20.0. The lowest BCUT2D eigenvalue weighted by atomic mass is 10.2. The first-order valence-corrected chi connectivity index (χ1v) is 10.3. The molecule has 5 rings (SSSR count). The van der Waals surface area contributed by atoms with E-state index < -0.39 is 0 Å². The van der Waals surface area contributed by atoms with Crippen LogP contribution in [0, 0.1) is 17.8 Å². The molecule has 0 bridgehead atoms. The Bertz CT molecular complexity index is 1030. The van der Waals surface area contributed by atoms with Crippen molar-refractivity contribution in [3.05, 3.63) is 54.1 Å². The van der Waals surface area contributed by atoms with Crippen molar-refractivity contribution < 1.29 is 9.53 Å². The number of amides is 1. The second kappa shape index (κ2) is 7.19. The lowest BCUT2D eigenvalue weighted by Crippen LogP contribution is -2.23. The number of anilines is 1. The van der Waals surface area contributed by atoms with Crippen molar-refractivity contribution in [1.29, 1.82) is 0 Å². The Kier molecular flexibility index (Phi) is 4.51. The zero-order valence-electron chi connectivity index (χ0n) is 16.8. The van der Waals surface area contributed by atoms with E-state index in [1.165, 1.54) is 0 Å². The summed E-state index contributed by atoms with van der Waals surface area (Å²) in [7, 11) is 0. The van der Waals surface area contributed by atoms with Crippen molar-refractivity contribution in [2.75, 3.05) is 18.4 Å². The largest absolute Gasteiger partial charge is 0.490 e. The van der Waals surface area contributed by atoms with Gasteiger partial charge >= 0.3 is 0 Å². The summed E-state index contributed by atoms with van der Waals surface area (Å²) < 4.78 is 8.00. The lowest BCUT2D eigenvalue weighted by molar-refractivity contribution is -0.118. The predicted molar refractivity (Wildman–Crippen MR) is 113 cm³/mol. The van der Waals surface area contributed by atoms with E-state index in [1.807, 2.05) is 54.9 Å². The Balaban J connectivity index is 1.51. The van der Waals surface area contributed by atoms with Crippen LogP contribution in [0.4, 0.5) is 5.82 Å². The van der Waals surface area contributed by atoms with Crippen LogP contribution in [0.2, 0.25) is 0 Å². The van der Waals surface area contributed by atoms with Crippen molar-refractivity contribution in [1.82, 2.24) is 15.1 Å². The summed E-state index contributed by atoms with van der Waals surface area (Å²) in [6.45, 7) is 6.52. The minimum atomic E-state index is 0.0375. The van der Waals surface area contributed by atoms with E-state index in [1.54, 1.807) is 0 Å². The van der Waals surface area contributed by atoms with E-state index in [9.17, 15) is 4.79 Å². The third-order valence-corrected chi connectivity index (χ3v) is 5.91. The maximum atomic E-state index is 12.9. The van der Waals surface area contributed by atoms with Crippen molar-refractivity contribution in [3.8, 4) is 5.75 Å². The number of hydrogen-bond donors (Lipinski definition) is 2. The predicted octanol–water partition coefficient (Wildman–Crippen LogP) is 3.28. The van der Waals surface area contributed by atoms with Crippen LogP contribution >= 0.6 is 0 Å². The molecule has 3 aromatic rings. The van der Waals surface area contributed by atoms with Crippen molar-refractivity contribution in [2.24, 2.45) is 17.8 Å². The van der Waals surface area contributed by atoms with Gasteiger partial charge in [-0.3, -0.25) is 9.48 Å². The van der Waals surface area contributed by atoms with Crippen LogP contribution in [-0.4, -0.2) is 34.9 Å². The Morgan fingerprint density at radius 2 is 1.93 bits per heavy atom. The van der Waals surface area contributed by atoms with Gasteiger partial charge in [0.2, 0.25) is 5.91 Å². The number of nitrogens with zero attached hydrogens (tertiary/aromatic N) is 2. The second-order valence-electron chi connectivity index (χ2n) is 8.31. The van der Waals surface area contributed by atoms with Crippen LogP contribution in [0.3, 0.4) is 0 Å². The van der Waals surface area contributed by atoms with Gasteiger partial charge in [0.25, 0.3) is 0 Å². The maximum Gasteiger partial charge on any atom is 0.229 e. The first kappa shape index (κ1) is 18.2. The van der Waals surface area contributed by atoms with Gasteiger partial charge in [0.15, 0.2) is 5.82 Å². The van der Waals surface area contributed by atoms with Gasteiger partial charge in [-0.15, -0.1) is 0 Å². The molecule has 150 valence electrons. The van der Waals surface area contributed by atoms with Crippen LogP contribution in [0.5, 0.6) is 5.75 Å². The van der Waals surface area contributed by atoms with Gasteiger partial charge < -0.3 is 15.4 Å². The minimum absolute atomic E-state index is 0.0375. The lowest BCUT2D eigenvalue weighted by Gasteiger charge is -2.12. The smallest absolute Gasteiger partial charge is 0.229 e. The van der Waals surface area contributed by atoms with E-state index >= 15 is 0 Å². The normalized spacial score (nSPS) is 22.7. The number of hydrogen-bond acceptors (Lipinski definition) is 4. The van der Waals surface area contributed by atoms with Gasteiger partial charge in [0.1, 0.15) is 5.75 Å². The highest BCUT2D eigenvalue weighted by molar-refractivity contribution is 6.04. The summed E-state index contributed by atoms with van der Waals surface area (Å²) >= 11 is 0. The summed E-state index contributed by atoms with van der Waals surface area (Å²) in [5, 5.41) is 12.1. The van der Waals surface area contributed by atoms with Gasteiger partial charge in [-0.1, -0.05) is 36.4 Å². The molecule has 29 heavy (non-hydrogen) atoms. The summed E-state index contributed by atoms with van der Waals surface area (Å²) in [5.74, 6) is 2.47. The molecule has 1 saturated heterocycles. The molecule has 1 aliphatic carbocycles. The Hall–Kier alpha value is -2.86. The second-order valence-corrected chi connectivity index (χ2v) is 8.31. The van der Waals surface area contributed by atoms with Crippen molar-refractivity contribution in [2.45, 2.75) is 26.5 Å². The summed E-state index contributed by atoms with van der Waals surface area (Å²) in [6.07, 6.45) is 0.0375. The highest BCUT2D eigenvalue weighted by atomic mass is 16.5. The molecule has 2 heterocycles. The molecule has 1 aromatic heterocycles. The van der Waals surface area contributed by atoms with Crippen LogP contribution < -0.4 is 15.4 Å². The molecule has 2 aliphatic rings. The van der Waals surface area contributed by atoms with Crippen molar-refractivity contribution >= 4 is 22.6 Å². The molecule has 1 amide bonds. The first-order chi connectivity index (χ1) is 14.1. The van der Waals surface area contributed by atoms with Crippen LogP contribution in [0.15, 0.2) is 48.5 Å². The Labute approximate surface area is 170 Å². The zero-order valence-corrected chi connectivity index (χ0v) is 16.8. The molecule has 2 aromatic carbocycles. The van der Waals surface area contributed by atoms with E-state index in [0.29, 0.717) is 24.2 Å². The fraction of sp³-hybridized carbons (Fsp3) is 0.391. The Morgan fingerprint density at radius 3 is 2.66 bits per heavy atom. The molecule has 0 spiro atoms. The number of aromatic nitrogens is 2. The van der Waals surface area contributed by atoms with Crippen LogP contribution in [0.25, 0.3) is 10.9 Å². The SMILES string of the molecule is CC(C)Oc1cccc2c1c(NC(=O)C1[C@H]3CNC[C@@H]13)nn2Cc1ccccc1. The summed E-state index contributed by atoms with van der Waals surface area (Å²) in [5.41, 5.74) is 2.12. The monoisotopic (exact) mass is 390 g/mol. The summed E-state index contributed by atoms with van der Waals surface area (Å²) in [4.78, 5) is 12.9. The highest BCUT2D eigenvalue weighted by Gasteiger charge is 2.57. The molecule has 2 fully saturated rings. The summed E-state index contributed by atoms with van der Waals surface area (Å²) in [6, 6.07) is 16.2. The quantitative estimate of drug-likeness (QED) is 0.678. The van der Waals surface area contributed by atoms with E-state index in [4.69, 9.17) is 9.84 Å². The number of carbonyl (C=O) groups is 1. The number of fused-ring (bicyclic) bond motifs is 2. The third kappa shape index (κ3) is 3.38. The number of benzene rings is 2. The van der Waals surface area contributed by atoms with E-state index in [2.05, 4.69) is 22.8 Å². The third-order valence-electron chi connectivity index (χ3n) is 5.91. The molecule has 0 radical (unpaired) electrons. The van der Waals surface area contributed by atoms with Crippen molar-refractivity contribution in [3.63, 3.8) is 0 Å². The van der Waals surface area contributed by atoms with Gasteiger partial charge in [-0.05, 0) is 56.5 Å². The minimum Gasteiger partial charge on any atom is -0.490 e. The van der Waals surface area contributed by atoms with Gasteiger partial charge in [0.05, 0.1) is 23.6 Å². The number of carbonyl (C=O) groups excluding carboxylic acids is 1. The molecular weight excluding hydrogens is 364 g/mol. The molecule has 2 N–H and O–H groups in total. The average Bonchev–Trinajstić information content (AvgIpc) is 3.02. The molecule has 1 saturated carbocycles. The van der Waals surface area contributed by atoms with E-state index in [-0.39, 0.29) is 17.9 Å². The Morgan fingerprint density at radius 1 is 1.17 bits per heavy atom. The number of ether oxygens (including phenoxy) is 1. The topological polar surface area (TPSA) is 68.2 Å². The molecular formula is C23H26N4O2. The molecule has 3 atom stereocenters. The number of nitrogens with one attached hydrogen (secondary N) is 2. The van der Waals surface area contributed by atoms with E-state index in [0.717, 1.165) is 35.3 Å². The standard InChI is InChI=1S/C23H26N4O2/c1-14(2)29-19-10-6-9-18-21(19)22(25-23(28)20-16-11-24-12-17(16)20)26-27(18)13-15-7-4-3-5-8-15/h3-10,14,16-17,20,24H,11-13H2,1-2H3,(H,25,26,28)/t16-,17+,20?. The molecule has 6 nitrogen and oxygen atoms in total. The average molecular weight is 390 g/mol. The van der Waals surface area contributed by atoms with Crippen LogP contribution in [0.1, 0.15) is 19.4 Å². The number of rotatable bonds is 6. The highest BCUT2D eigenvalue weighted by Crippen LogP contribution is 2.49. The molecule has 6 heteroatoms. The maximum absolute atomic E-state index is 12.9. The molecule has 1 unspecified atom stereocenters. The fourth-order valence-electron chi connectivity index (χ4n) is 4.52. The van der Waals surface area contributed by atoms with Gasteiger partial charge in [-0.25, -0.2) is 0 Å².